The van der Waals surface area contributed by atoms with E-state index in [4.69, 9.17) is 0 Å². The topological polar surface area (TPSA) is 12.0 Å². The van der Waals surface area contributed by atoms with E-state index in [-0.39, 0.29) is 0 Å². The molecular weight excluding hydrogens is 184 g/mol. The zero-order valence-electron chi connectivity index (χ0n) is 9.58. The fourth-order valence-electron chi connectivity index (χ4n) is 2.61. The normalized spacial score (nSPS) is 20.1. The van der Waals surface area contributed by atoms with Gasteiger partial charge in [-0.15, -0.1) is 0 Å². The van der Waals surface area contributed by atoms with E-state index in [1.807, 2.05) is 0 Å². The van der Waals surface area contributed by atoms with Gasteiger partial charge in [0, 0.05) is 13.1 Å². The second-order valence-electron chi connectivity index (χ2n) is 4.40. The molecular formula is C13H21N2+. The number of hydrogen-bond acceptors (Lipinski definition) is 1. The van der Waals surface area contributed by atoms with Crippen LogP contribution in [0.2, 0.25) is 0 Å². The number of rotatable bonds is 3. The van der Waals surface area contributed by atoms with Gasteiger partial charge in [0.15, 0.2) is 0 Å². The van der Waals surface area contributed by atoms with Gasteiger partial charge in [-0.2, -0.15) is 0 Å². The molecule has 0 atom stereocenters. The summed E-state index contributed by atoms with van der Waals surface area (Å²) in [7, 11) is 0. The van der Waals surface area contributed by atoms with E-state index in [1.54, 1.807) is 0 Å². The Balaban J connectivity index is 2.25. The van der Waals surface area contributed by atoms with Crippen molar-refractivity contribution in [1.82, 2.24) is 9.80 Å². The first kappa shape index (κ1) is 10.7. The summed E-state index contributed by atoms with van der Waals surface area (Å²) in [5, 5.41) is 3.45. The summed E-state index contributed by atoms with van der Waals surface area (Å²) >= 11 is 0. The van der Waals surface area contributed by atoms with Gasteiger partial charge in [-0.3, -0.25) is 4.48 Å². The van der Waals surface area contributed by atoms with Crippen molar-refractivity contribution in [3.63, 3.8) is 0 Å². The highest BCUT2D eigenvalue weighted by molar-refractivity contribution is 5.42. The van der Waals surface area contributed by atoms with Gasteiger partial charge in [0.25, 0.3) is 0 Å². The summed E-state index contributed by atoms with van der Waals surface area (Å²) in [4.78, 5) is 0. The fourth-order valence-corrected chi connectivity index (χ4v) is 2.61. The number of benzene rings is 1. The second kappa shape index (κ2) is 4.77. The molecule has 1 N–H and O–H groups in total. The second-order valence-corrected chi connectivity index (χ2v) is 4.40. The zero-order valence-corrected chi connectivity index (χ0v) is 9.58. The summed E-state index contributed by atoms with van der Waals surface area (Å²) in [6.07, 6.45) is 1.26. The number of nitrogens with one attached hydrogen (secondary N) is 1. The molecule has 0 unspecified atom stereocenters. The summed E-state index contributed by atoms with van der Waals surface area (Å²) in [5.41, 5.74) is 1.49. The summed E-state index contributed by atoms with van der Waals surface area (Å²) in [6, 6.07) is 11.0. The number of nitrogens with zero attached hydrogens (tertiary/aromatic N) is 1. The van der Waals surface area contributed by atoms with E-state index in [2.05, 4.69) is 42.6 Å². The molecule has 1 aliphatic rings. The number of hydrogen-bond donors (Lipinski definition) is 1. The van der Waals surface area contributed by atoms with Crippen LogP contribution in [0.15, 0.2) is 30.3 Å². The van der Waals surface area contributed by atoms with E-state index in [1.165, 1.54) is 36.2 Å². The molecule has 1 heterocycles. The van der Waals surface area contributed by atoms with Gasteiger partial charge in [0.1, 0.15) is 5.69 Å². The van der Waals surface area contributed by atoms with E-state index in [0.29, 0.717) is 0 Å². The van der Waals surface area contributed by atoms with Crippen molar-refractivity contribution < 1.29 is 0 Å². The molecule has 0 spiro atoms. The Morgan fingerprint density at radius 2 is 1.80 bits per heavy atom. The first-order valence-corrected chi connectivity index (χ1v) is 6.00. The first-order valence-electron chi connectivity index (χ1n) is 6.00. The van der Waals surface area contributed by atoms with Crippen molar-refractivity contribution in [1.29, 1.82) is 0 Å². The molecule has 2 heteroatoms. The average molecular weight is 205 g/mol. The molecule has 0 aliphatic carbocycles. The lowest BCUT2D eigenvalue weighted by Crippen LogP contribution is -2.60. The predicted octanol–water partition coefficient (Wildman–Crippen LogP) is 2.01. The van der Waals surface area contributed by atoms with Gasteiger partial charge < -0.3 is 5.32 Å². The van der Waals surface area contributed by atoms with Crippen LogP contribution in [0, 0.1) is 0 Å². The smallest absolute Gasteiger partial charge is 0.132 e. The minimum Gasteiger partial charge on any atom is -0.306 e. The number of quaternary nitrogens is 1. The van der Waals surface area contributed by atoms with E-state index >= 15 is 0 Å². The van der Waals surface area contributed by atoms with Gasteiger partial charge >= 0.3 is 0 Å². The largest absolute Gasteiger partial charge is 0.306 e. The Morgan fingerprint density at radius 1 is 1.13 bits per heavy atom. The van der Waals surface area contributed by atoms with E-state index < -0.39 is 0 Å². The third-order valence-corrected chi connectivity index (χ3v) is 3.39. The van der Waals surface area contributed by atoms with Crippen LogP contribution in [0.4, 0.5) is 5.69 Å². The van der Waals surface area contributed by atoms with Crippen molar-refractivity contribution in [3.8, 4) is 0 Å². The molecule has 2 rings (SSSR count). The minimum atomic E-state index is 1.15. The van der Waals surface area contributed by atoms with Crippen molar-refractivity contribution in [2.24, 2.45) is 0 Å². The van der Waals surface area contributed by atoms with Gasteiger partial charge in [0.2, 0.25) is 0 Å². The van der Waals surface area contributed by atoms with Crippen LogP contribution in [0.25, 0.3) is 0 Å². The van der Waals surface area contributed by atoms with Crippen molar-refractivity contribution in [2.75, 3.05) is 32.7 Å². The van der Waals surface area contributed by atoms with Crippen LogP contribution in [-0.4, -0.2) is 32.7 Å². The average Bonchev–Trinajstić information content (AvgIpc) is 2.32. The Labute approximate surface area is 92.5 Å². The molecule has 1 aromatic rings. The molecule has 2 nitrogen and oxygen atoms in total. The van der Waals surface area contributed by atoms with Crippen LogP contribution in [0.3, 0.4) is 0 Å². The van der Waals surface area contributed by atoms with E-state index in [9.17, 15) is 0 Å². The molecule has 1 saturated heterocycles. The highest BCUT2D eigenvalue weighted by Gasteiger charge is 2.30. The maximum Gasteiger partial charge on any atom is 0.132 e. The summed E-state index contributed by atoms with van der Waals surface area (Å²) in [5.74, 6) is 0. The summed E-state index contributed by atoms with van der Waals surface area (Å²) < 4.78 is 1.17. The Bertz CT molecular complexity index is 283. The van der Waals surface area contributed by atoms with Crippen molar-refractivity contribution in [2.45, 2.75) is 13.3 Å². The third-order valence-electron chi connectivity index (χ3n) is 3.39. The predicted molar refractivity (Wildman–Crippen MR) is 66.0 cm³/mol. The van der Waals surface area contributed by atoms with Gasteiger partial charge in [0.05, 0.1) is 19.6 Å². The molecule has 0 radical (unpaired) electrons. The molecule has 1 aromatic carbocycles. The van der Waals surface area contributed by atoms with Crippen molar-refractivity contribution >= 4 is 5.69 Å². The Hall–Kier alpha value is -0.860. The molecule has 0 saturated carbocycles. The Morgan fingerprint density at radius 3 is 2.40 bits per heavy atom. The first-order chi connectivity index (χ1) is 7.37. The molecule has 1 fully saturated rings. The van der Waals surface area contributed by atoms with Crippen LogP contribution in [0.5, 0.6) is 0 Å². The minimum absolute atomic E-state index is 1.15. The standard InChI is InChI=1S/C13H21N2/c1-2-10-15(11-8-14-9-12-15)13-6-4-3-5-7-13/h3-7,14H,2,8-12H2,1H3/q+1. The third kappa shape index (κ3) is 2.21. The molecule has 15 heavy (non-hydrogen) atoms. The summed E-state index contributed by atoms with van der Waals surface area (Å²) in [6.45, 7) is 8.32. The number of para-hydroxylation sites is 1. The van der Waals surface area contributed by atoms with Gasteiger partial charge in [-0.25, -0.2) is 0 Å². The maximum absolute atomic E-state index is 3.45. The monoisotopic (exact) mass is 205 g/mol. The van der Waals surface area contributed by atoms with Crippen LogP contribution < -0.4 is 9.80 Å². The maximum atomic E-state index is 3.45. The zero-order chi connectivity index (χ0) is 10.6. The lowest BCUT2D eigenvalue weighted by atomic mass is 10.1. The highest BCUT2D eigenvalue weighted by Crippen LogP contribution is 2.23. The molecule has 0 amide bonds. The highest BCUT2D eigenvalue weighted by atomic mass is 15.4. The lowest BCUT2D eigenvalue weighted by Gasteiger charge is -2.41. The van der Waals surface area contributed by atoms with Crippen LogP contribution in [0.1, 0.15) is 13.3 Å². The molecule has 0 bridgehead atoms. The molecule has 0 aromatic heterocycles. The van der Waals surface area contributed by atoms with Crippen LogP contribution in [-0.2, 0) is 0 Å². The van der Waals surface area contributed by atoms with E-state index in [0.717, 1.165) is 13.1 Å². The number of piperazine rings is 1. The van der Waals surface area contributed by atoms with Gasteiger partial charge in [-0.05, 0) is 18.6 Å². The van der Waals surface area contributed by atoms with Crippen LogP contribution >= 0.6 is 0 Å². The lowest BCUT2D eigenvalue weighted by molar-refractivity contribution is 0.241. The SMILES string of the molecule is CCC[N+]1(c2ccccc2)CCNCC1. The quantitative estimate of drug-likeness (QED) is 0.744. The molecule has 82 valence electrons. The Kier molecular flexibility index (Phi) is 3.39. The van der Waals surface area contributed by atoms with Gasteiger partial charge in [-0.1, -0.05) is 25.1 Å². The van der Waals surface area contributed by atoms with Crippen molar-refractivity contribution in [3.05, 3.63) is 30.3 Å². The fraction of sp³-hybridized carbons (Fsp3) is 0.538. The molecule has 1 aliphatic heterocycles.